The van der Waals surface area contributed by atoms with E-state index in [1.54, 1.807) is 13.2 Å². The molecule has 132 valence electrons. The van der Waals surface area contributed by atoms with Gasteiger partial charge in [0.25, 0.3) is 0 Å². The lowest BCUT2D eigenvalue weighted by atomic mass is 10.00. The Kier molecular flexibility index (Phi) is 3.70. The average Bonchev–Trinajstić information content (AvgIpc) is 3.06. The van der Waals surface area contributed by atoms with Crippen LogP contribution in [0.3, 0.4) is 0 Å². The van der Waals surface area contributed by atoms with Gasteiger partial charge in [0.15, 0.2) is 29.2 Å². The molecule has 1 aromatic heterocycles. The maximum absolute atomic E-state index is 10.1. The number of rotatable bonds is 1. The summed E-state index contributed by atoms with van der Waals surface area (Å²) in [4.78, 5) is 0. The van der Waals surface area contributed by atoms with Crippen LogP contribution in [0.2, 0.25) is 0 Å². The zero-order chi connectivity index (χ0) is 17.1. The Hall–Kier alpha value is -2.92. The molecule has 1 N–H and O–H groups in total. The number of phenolic OH excluding ortho intramolecular Hbond substituents is 1. The topological polar surface area (TPSA) is 51.8 Å². The summed E-state index contributed by atoms with van der Waals surface area (Å²) in [6.45, 7) is 0.259. The van der Waals surface area contributed by atoms with Gasteiger partial charge in [-0.3, -0.25) is 0 Å². The molecule has 6 heteroatoms. The molecular weight excluding hydrogens is 354 g/mol. The molecule has 1 aliphatic heterocycles. The Balaban J connectivity index is 0.00000168. The second kappa shape index (κ2) is 5.81. The predicted molar refractivity (Wildman–Crippen MR) is 94.5 cm³/mol. The van der Waals surface area contributed by atoms with Crippen LogP contribution < -0.4 is 31.2 Å². The van der Waals surface area contributed by atoms with E-state index < -0.39 is 0 Å². The van der Waals surface area contributed by atoms with Crippen LogP contribution in [0.5, 0.6) is 23.0 Å². The number of hydrogen-bond acceptors (Lipinski definition) is 4. The Morgan fingerprint density at radius 2 is 1.69 bits per heavy atom. The van der Waals surface area contributed by atoms with Crippen molar-refractivity contribution in [1.82, 2.24) is 0 Å². The number of methoxy groups -OCH3 is 1. The predicted octanol–water partition coefficient (Wildman–Crippen LogP) is 0.418. The monoisotopic (exact) mass is 369 g/mol. The van der Waals surface area contributed by atoms with Crippen molar-refractivity contribution in [2.45, 2.75) is 0 Å². The fourth-order valence-corrected chi connectivity index (χ4v) is 3.72. The Labute approximate surface area is 155 Å². The van der Waals surface area contributed by atoms with E-state index in [4.69, 9.17) is 14.2 Å². The number of aromatic nitrogens is 1. The zero-order valence-corrected chi connectivity index (χ0v) is 15.0. The van der Waals surface area contributed by atoms with Crippen LogP contribution in [0.15, 0.2) is 42.6 Å². The lowest BCUT2D eigenvalue weighted by molar-refractivity contribution is -0.642. The van der Waals surface area contributed by atoms with E-state index in [0.29, 0.717) is 5.75 Å². The number of benzene rings is 3. The first-order chi connectivity index (χ1) is 12.2. The Morgan fingerprint density at radius 1 is 0.962 bits per heavy atom. The molecule has 5 nitrogen and oxygen atoms in total. The summed E-state index contributed by atoms with van der Waals surface area (Å²) in [6.07, 6.45) is 1.99. The highest BCUT2D eigenvalue weighted by Gasteiger charge is 2.21. The van der Waals surface area contributed by atoms with Crippen molar-refractivity contribution in [3.8, 4) is 23.0 Å². The summed E-state index contributed by atoms with van der Waals surface area (Å²) in [5.74, 6) is 2.17. The van der Waals surface area contributed by atoms with Crippen molar-refractivity contribution in [1.29, 1.82) is 0 Å². The minimum atomic E-state index is 0. The maximum atomic E-state index is 10.1. The molecule has 0 amide bonds. The molecule has 26 heavy (non-hydrogen) atoms. The molecule has 4 aromatic rings. The third kappa shape index (κ3) is 2.14. The molecule has 0 saturated carbocycles. The average molecular weight is 370 g/mol. The lowest BCUT2D eigenvalue weighted by Crippen LogP contribution is -3.00. The summed E-state index contributed by atoms with van der Waals surface area (Å²) in [5.41, 5.74) is 1.09. The molecule has 0 unspecified atom stereocenters. The minimum Gasteiger partial charge on any atom is -1.00 e. The number of halogens is 1. The molecule has 0 bridgehead atoms. The number of aromatic hydroxyl groups is 1. The van der Waals surface area contributed by atoms with Gasteiger partial charge in [0, 0.05) is 5.39 Å². The maximum Gasteiger partial charge on any atom is 0.231 e. The normalized spacial score (nSPS) is 12.5. The van der Waals surface area contributed by atoms with Gasteiger partial charge in [-0.15, -0.1) is 0 Å². The van der Waals surface area contributed by atoms with Gasteiger partial charge < -0.3 is 31.7 Å². The van der Waals surface area contributed by atoms with Crippen molar-refractivity contribution >= 4 is 32.4 Å². The van der Waals surface area contributed by atoms with Crippen LogP contribution in [-0.4, -0.2) is 19.0 Å². The number of nitrogens with zero attached hydrogens (tertiary/aromatic N) is 1. The number of fused-ring (bicyclic) bond motifs is 6. The van der Waals surface area contributed by atoms with E-state index in [1.165, 1.54) is 0 Å². The van der Waals surface area contributed by atoms with E-state index in [0.717, 1.165) is 43.9 Å². The van der Waals surface area contributed by atoms with Crippen molar-refractivity contribution in [3.05, 3.63) is 42.6 Å². The summed E-state index contributed by atoms with van der Waals surface area (Å²) in [5, 5.41) is 15.3. The first-order valence-corrected chi connectivity index (χ1v) is 8.02. The third-order valence-corrected chi connectivity index (χ3v) is 4.83. The van der Waals surface area contributed by atoms with Crippen LogP contribution in [-0.2, 0) is 7.05 Å². The quantitative estimate of drug-likeness (QED) is 0.390. The van der Waals surface area contributed by atoms with Crippen molar-refractivity contribution in [3.63, 3.8) is 0 Å². The number of ether oxygens (including phenoxy) is 3. The van der Waals surface area contributed by atoms with Gasteiger partial charge in [-0.25, -0.2) is 0 Å². The fourth-order valence-electron chi connectivity index (χ4n) is 3.72. The lowest BCUT2D eigenvalue weighted by Gasteiger charge is -2.10. The molecular formula is C20H16ClNO4. The van der Waals surface area contributed by atoms with E-state index >= 15 is 0 Å². The second-order valence-electron chi connectivity index (χ2n) is 6.21. The second-order valence-corrected chi connectivity index (χ2v) is 6.21. The standard InChI is InChI=1S/C20H15NO4.ClH/c1-21-9-15-12(5-6-16(22)20(15)23-2)13-4-3-11-7-17-18(25-10-24-17)8-14(11)19(13)21;/h3-9H,10H2,1-2H3;1H. The van der Waals surface area contributed by atoms with Crippen LogP contribution in [0.1, 0.15) is 0 Å². The Morgan fingerprint density at radius 3 is 2.46 bits per heavy atom. The first-order valence-electron chi connectivity index (χ1n) is 8.02. The summed E-state index contributed by atoms with van der Waals surface area (Å²) in [6, 6.07) is 11.8. The van der Waals surface area contributed by atoms with E-state index in [9.17, 15) is 5.11 Å². The van der Waals surface area contributed by atoms with Crippen molar-refractivity contribution < 1.29 is 36.3 Å². The molecule has 0 fully saturated rings. The molecule has 0 atom stereocenters. The van der Waals surface area contributed by atoms with Crippen LogP contribution >= 0.6 is 0 Å². The SMILES string of the molecule is COc1c(O)ccc2c1c[n+](C)c1c3cc4c(cc3ccc21)OCO4.[Cl-]. The van der Waals surface area contributed by atoms with Gasteiger partial charge in [-0.2, -0.15) is 4.57 Å². The van der Waals surface area contributed by atoms with Crippen molar-refractivity contribution in [2.24, 2.45) is 7.05 Å². The fraction of sp³-hybridized carbons (Fsp3) is 0.150. The van der Waals surface area contributed by atoms with E-state index in [-0.39, 0.29) is 24.9 Å². The van der Waals surface area contributed by atoms with Crippen LogP contribution in [0.4, 0.5) is 0 Å². The van der Waals surface area contributed by atoms with E-state index in [2.05, 4.69) is 16.7 Å². The highest BCUT2D eigenvalue weighted by molar-refractivity contribution is 6.15. The van der Waals surface area contributed by atoms with Gasteiger partial charge in [0.2, 0.25) is 12.3 Å². The zero-order valence-electron chi connectivity index (χ0n) is 14.2. The minimum absolute atomic E-state index is 0. The van der Waals surface area contributed by atoms with Gasteiger partial charge >= 0.3 is 0 Å². The molecule has 0 saturated heterocycles. The molecule has 5 rings (SSSR count). The number of pyridine rings is 1. The largest absolute Gasteiger partial charge is 1.00 e. The van der Waals surface area contributed by atoms with E-state index in [1.807, 2.05) is 31.4 Å². The highest BCUT2D eigenvalue weighted by Crippen LogP contribution is 2.41. The Bertz CT molecular complexity index is 1190. The smallest absolute Gasteiger partial charge is 0.231 e. The summed E-state index contributed by atoms with van der Waals surface area (Å²) in [7, 11) is 3.56. The van der Waals surface area contributed by atoms with Gasteiger partial charge in [-0.05, 0) is 35.7 Å². The molecule has 0 spiro atoms. The molecule has 0 radical (unpaired) electrons. The van der Waals surface area contributed by atoms with Gasteiger partial charge in [0.1, 0.15) is 7.05 Å². The number of hydrogen-bond donors (Lipinski definition) is 1. The summed E-state index contributed by atoms with van der Waals surface area (Å²) >= 11 is 0. The highest BCUT2D eigenvalue weighted by atomic mass is 35.5. The number of phenols is 1. The molecule has 1 aliphatic rings. The summed E-state index contributed by atoms with van der Waals surface area (Å²) < 4.78 is 18.5. The molecule has 2 heterocycles. The van der Waals surface area contributed by atoms with Gasteiger partial charge in [0.05, 0.1) is 23.3 Å². The van der Waals surface area contributed by atoms with Crippen LogP contribution in [0.25, 0.3) is 32.4 Å². The third-order valence-electron chi connectivity index (χ3n) is 4.83. The first kappa shape index (κ1) is 16.5. The van der Waals surface area contributed by atoms with Crippen molar-refractivity contribution in [2.75, 3.05) is 13.9 Å². The molecule has 0 aliphatic carbocycles. The number of aryl methyl sites for hydroxylation is 1. The molecule has 3 aromatic carbocycles. The van der Waals surface area contributed by atoms with Crippen LogP contribution in [0, 0.1) is 0 Å². The van der Waals surface area contributed by atoms with Gasteiger partial charge in [-0.1, -0.05) is 6.07 Å².